The molecule has 126 valence electrons. The highest BCUT2D eigenvalue weighted by atomic mass is 35.5. The highest BCUT2D eigenvalue weighted by molar-refractivity contribution is 7.13. The van der Waals surface area contributed by atoms with E-state index in [1.165, 1.54) is 29.5 Å². The number of rotatable bonds is 5. The summed E-state index contributed by atoms with van der Waals surface area (Å²) < 4.78 is 5.52. The van der Waals surface area contributed by atoms with Crippen molar-refractivity contribution in [3.05, 3.63) is 74.7 Å². The van der Waals surface area contributed by atoms with Gasteiger partial charge in [0.25, 0.3) is 5.91 Å². The lowest BCUT2D eigenvalue weighted by atomic mass is 10.2. The van der Waals surface area contributed by atoms with Crippen molar-refractivity contribution in [2.45, 2.75) is 0 Å². The summed E-state index contributed by atoms with van der Waals surface area (Å²) >= 11 is 7.08. The van der Waals surface area contributed by atoms with E-state index in [0.717, 1.165) is 0 Å². The largest absolute Gasteiger partial charge is 0.450 e. The van der Waals surface area contributed by atoms with E-state index in [9.17, 15) is 14.9 Å². The Hall–Kier alpha value is -2.97. The van der Waals surface area contributed by atoms with Gasteiger partial charge in [-0.1, -0.05) is 11.6 Å². The first-order valence-electron chi connectivity index (χ1n) is 6.95. The predicted octanol–water partition coefficient (Wildman–Crippen LogP) is 4.75. The molecule has 0 fully saturated rings. The Morgan fingerprint density at radius 2 is 2.00 bits per heavy atom. The van der Waals surface area contributed by atoms with Crippen molar-refractivity contribution in [2.24, 2.45) is 0 Å². The molecule has 0 bridgehead atoms. The Balaban J connectivity index is 1.75. The van der Waals surface area contributed by atoms with Crippen LogP contribution in [-0.2, 0) is 0 Å². The number of halogens is 1. The summed E-state index contributed by atoms with van der Waals surface area (Å²) in [6.45, 7) is 0. The van der Waals surface area contributed by atoms with Crippen LogP contribution in [-0.4, -0.2) is 15.8 Å². The summed E-state index contributed by atoms with van der Waals surface area (Å²) in [5.74, 6) is 0.115. The fourth-order valence-electron chi connectivity index (χ4n) is 1.98. The fraction of sp³-hybridized carbons (Fsp3) is 0. The molecular weight excluding hydrogens is 366 g/mol. The van der Waals surface area contributed by atoms with E-state index in [0.29, 0.717) is 16.4 Å². The third-order valence-electron chi connectivity index (χ3n) is 3.11. The Morgan fingerprint density at radius 3 is 2.64 bits per heavy atom. The van der Waals surface area contributed by atoms with Gasteiger partial charge in [0.2, 0.25) is 5.75 Å². The Bertz CT molecular complexity index is 914. The zero-order chi connectivity index (χ0) is 17.8. The van der Waals surface area contributed by atoms with E-state index < -0.39 is 4.92 Å². The molecule has 9 heteroatoms. The molecule has 0 aliphatic rings. The molecule has 1 amide bonds. The minimum atomic E-state index is -0.572. The predicted molar refractivity (Wildman–Crippen MR) is 94.7 cm³/mol. The smallest absolute Gasteiger partial charge is 0.313 e. The molecule has 0 spiro atoms. The molecule has 0 saturated carbocycles. The van der Waals surface area contributed by atoms with Crippen LogP contribution < -0.4 is 10.1 Å². The Labute approximate surface area is 151 Å². The van der Waals surface area contributed by atoms with Gasteiger partial charge in [0.1, 0.15) is 5.75 Å². The zero-order valence-electron chi connectivity index (χ0n) is 12.5. The first-order chi connectivity index (χ1) is 12.0. The van der Waals surface area contributed by atoms with Gasteiger partial charge in [0.05, 0.1) is 4.92 Å². The molecule has 0 unspecified atom stereocenters. The third kappa shape index (κ3) is 4.11. The molecule has 7 nitrogen and oxygen atoms in total. The van der Waals surface area contributed by atoms with Gasteiger partial charge in [0.15, 0.2) is 5.13 Å². The number of aromatic nitrogens is 1. The lowest BCUT2D eigenvalue weighted by Crippen LogP contribution is -2.11. The van der Waals surface area contributed by atoms with Crippen molar-refractivity contribution < 1.29 is 14.5 Å². The Morgan fingerprint density at radius 1 is 1.24 bits per heavy atom. The number of nitro benzene ring substituents is 1. The van der Waals surface area contributed by atoms with E-state index in [1.807, 2.05) is 0 Å². The normalized spacial score (nSPS) is 10.3. The summed E-state index contributed by atoms with van der Waals surface area (Å²) in [4.78, 5) is 26.5. The van der Waals surface area contributed by atoms with Crippen LogP contribution >= 0.6 is 22.9 Å². The van der Waals surface area contributed by atoms with Gasteiger partial charge in [-0.05, 0) is 36.4 Å². The minimum absolute atomic E-state index is 0.0642. The third-order valence-corrected chi connectivity index (χ3v) is 4.04. The van der Waals surface area contributed by atoms with Crippen LogP contribution in [0.3, 0.4) is 0 Å². The first-order valence-corrected chi connectivity index (χ1v) is 8.21. The van der Waals surface area contributed by atoms with Crippen molar-refractivity contribution in [3.63, 3.8) is 0 Å². The summed E-state index contributed by atoms with van der Waals surface area (Å²) in [6, 6.07) is 10.3. The summed E-state index contributed by atoms with van der Waals surface area (Å²) in [7, 11) is 0. The molecule has 1 N–H and O–H groups in total. The van der Waals surface area contributed by atoms with Gasteiger partial charge in [-0.25, -0.2) is 4.98 Å². The number of ether oxygens (including phenoxy) is 1. The maximum atomic E-state index is 12.1. The van der Waals surface area contributed by atoms with E-state index in [-0.39, 0.29) is 22.4 Å². The number of hydrogen-bond acceptors (Lipinski definition) is 6. The lowest BCUT2D eigenvalue weighted by molar-refractivity contribution is -0.385. The zero-order valence-corrected chi connectivity index (χ0v) is 14.1. The molecule has 25 heavy (non-hydrogen) atoms. The monoisotopic (exact) mass is 375 g/mol. The molecule has 0 radical (unpaired) electrons. The Kier molecular flexibility index (Phi) is 4.92. The second-order valence-electron chi connectivity index (χ2n) is 4.79. The maximum Gasteiger partial charge on any atom is 0.313 e. The number of hydrogen-bond donors (Lipinski definition) is 1. The van der Waals surface area contributed by atoms with E-state index in [1.54, 1.807) is 35.8 Å². The van der Waals surface area contributed by atoms with E-state index in [4.69, 9.17) is 16.3 Å². The number of thiazole rings is 1. The van der Waals surface area contributed by atoms with Crippen LogP contribution in [0, 0.1) is 10.1 Å². The van der Waals surface area contributed by atoms with Gasteiger partial charge in [0, 0.05) is 28.2 Å². The number of nitro groups is 1. The molecule has 1 aromatic heterocycles. The van der Waals surface area contributed by atoms with E-state index >= 15 is 0 Å². The molecular formula is C16H10ClN3O4S. The molecule has 1 heterocycles. The number of carbonyl (C=O) groups excluding carboxylic acids is 1. The first kappa shape index (κ1) is 16.9. The molecule has 0 aliphatic heterocycles. The highest BCUT2D eigenvalue weighted by Crippen LogP contribution is 2.33. The van der Waals surface area contributed by atoms with Crippen LogP contribution in [0.1, 0.15) is 10.4 Å². The van der Waals surface area contributed by atoms with Gasteiger partial charge >= 0.3 is 5.69 Å². The fourth-order valence-corrected chi connectivity index (χ4v) is 2.67. The molecule has 2 aromatic carbocycles. The average molecular weight is 376 g/mol. The van der Waals surface area contributed by atoms with Gasteiger partial charge < -0.3 is 4.74 Å². The number of benzene rings is 2. The topological polar surface area (TPSA) is 94.4 Å². The van der Waals surface area contributed by atoms with Gasteiger partial charge in [-0.15, -0.1) is 11.3 Å². The maximum absolute atomic E-state index is 12.1. The molecule has 3 rings (SSSR count). The van der Waals surface area contributed by atoms with Crippen molar-refractivity contribution >= 4 is 39.7 Å². The van der Waals surface area contributed by atoms with Gasteiger partial charge in [-0.3, -0.25) is 20.2 Å². The second-order valence-corrected chi connectivity index (χ2v) is 6.12. The SMILES string of the molecule is O=C(Nc1nccs1)c1ccc(Oc2ccc(Cl)cc2[N+](=O)[O-])cc1. The standard InChI is InChI=1S/C16H10ClN3O4S/c17-11-3-6-14(13(9-11)20(22)23)24-12-4-1-10(2-5-12)15(21)19-16-18-7-8-25-16/h1-9H,(H,18,19,21). The van der Waals surface area contributed by atoms with Crippen molar-refractivity contribution in [1.29, 1.82) is 0 Å². The number of anilines is 1. The van der Waals surface area contributed by atoms with Crippen LogP contribution in [0.2, 0.25) is 5.02 Å². The second kappa shape index (κ2) is 7.29. The summed E-state index contributed by atoms with van der Waals surface area (Å²) in [5, 5.41) is 16.2. The number of carbonyl (C=O) groups is 1. The van der Waals surface area contributed by atoms with Crippen molar-refractivity contribution in [3.8, 4) is 11.5 Å². The lowest BCUT2D eigenvalue weighted by Gasteiger charge is -2.07. The van der Waals surface area contributed by atoms with Crippen molar-refractivity contribution in [2.75, 3.05) is 5.32 Å². The molecule has 0 aliphatic carbocycles. The molecule has 0 atom stereocenters. The summed E-state index contributed by atoms with van der Waals surface area (Å²) in [5.41, 5.74) is 0.172. The van der Waals surface area contributed by atoms with Crippen LogP contribution in [0.15, 0.2) is 54.0 Å². The number of amides is 1. The highest BCUT2D eigenvalue weighted by Gasteiger charge is 2.16. The van der Waals surface area contributed by atoms with Gasteiger partial charge in [-0.2, -0.15) is 0 Å². The van der Waals surface area contributed by atoms with E-state index in [2.05, 4.69) is 10.3 Å². The summed E-state index contributed by atoms with van der Waals surface area (Å²) in [6.07, 6.45) is 1.59. The van der Waals surface area contributed by atoms with Crippen LogP contribution in [0.25, 0.3) is 0 Å². The van der Waals surface area contributed by atoms with Crippen LogP contribution in [0.4, 0.5) is 10.8 Å². The minimum Gasteiger partial charge on any atom is -0.450 e. The molecule has 0 saturated heterocycles. The van der Waals surface area contributed by atoms with Crippen molar-refractivity contribution in [1.82, 2.24) is 4.98 Å². The quantitative estimate of drug-likeness (QED) is 0.513. The van der Waals surface area contributed by atoms with Crippen LogP contribution in [0.5, 0.6) is 11.5 Å². The average Bonchev–Trinajstić information content (AvgIpc) is 3.10. The molecule has 3 aromatic rings. The number of nitrogens with one attached hydrogen (secondary N) is 1. The number of nitrogens with zero attached hydrogens (tertiary/aromatic N) is 2.